The first-order valence-corrected chi connectivity index (χ1v) is 6.74. The smallest absolute Gasteiger partial charge is 0.306 e. The van der Waals surface area contributed by atoms with Crippen molar-refractivity contribution in [3.8, 4) is 0 Å². The maximum absolute atomic E-state index is 11.9. The summed E-state index contributed by atoms with van der Waals surface area (Å²) in [5.74, 6) is -3.94. The third-order valence-corrected chi connectivity index (χ3v) is 3.77. The lowest BCUT2D eigenvalue weighted by atomic mass is 9.78. The number of nitrogens with one attached hydrogen (secondary N) is 1. The lowest BCUT2D eigenvalue weighted by Gasteiger charge is -2.32. The number of carbonyl (C=O) groups is 3. The molecule has 0 heterocycles. The van der Waals surface area contributed by atoms with Gasteiger partial charge in [-0.25, -0.2) is 0 Å². The van der Waals surface area contributed by atoms with Crippen molar-refractivity contribution in [1.29, 1.82) is 0 Å². The second kappa shape index (κ2) is 6.69. The molecule has 7 nitrogen and oxygen atoms in total. The van der Waals surface area contributed by atoms with E-state index in [1.165, 1.54) is 0 Å². The summed E-state index contributed by atoms with van der Waals surface area (Å²) < 4.78 is 0. The molecule has 1 fully saturated rings. The Labute approximate surface area is 117 Å². The molecule has 0 aromatic heterocycles. The third-order valence-electron chi connectivity index (χ3n) is 3.77. The van der Waals surface area contributed by atoms with Crippen LogP contribution in [0.25, 0.3) is 0 Å². The summed E-state index contributed by atoms with van der Waals surface area (Å²) in [6.45, 7) is 3.62. The molecule has 0 bridgehead atoms. The van der Waals surface area contributed by atoms with E-state index in [0.717, 1.165) is 0 Å². The lowest BCUT2D eigenvalue weighted by molar-refractivity contribution is -0.149. The fraction of sp³-hybridized carbons (Fsp3) is 0.769. The molecule has 7 heteroatoms. The zero-order valence-corrected chi connectivity index (χ0v) is 11.7. The van der Waals surface area contributed by atoms with Crippen molar-refractivity contribution in [2.24, 2.45) is 23.5 Å². The Balaban J connectivity index is 2.70. The highest BCUT2D eigenvalue weighted by Crippen LogP contribution is 2.30. The summed E-state index contributed by atoms with van der Waals surface area (Å²) in [7, 11) is 0. The highest BCUT2D eigenvalue weighted by atomic mass is 16.4. The van der Waals surface area contributed by atoms with Gasteiger partial charge in [0.1, 0.15) is 0 Å². The first-order chi connectivity index (χ1) is 9.22. The van der Waals surface area contributed by atoms with E-state index in [-0.39, 0.29) is 31.1 Å². The normalized spacial score (nSPS) is 27.9. The van der Waals surface area contributed by atoms with Crippen molar-refractivity contribution in [2.45, 2.75) is 45.2 Å². The summed E-state index contributed by atoms with van der Waals surface area (Å²) in [5, 5.41) is 20.8. The molecule has 1 saturated carbocycles. The molecule has 1 rings (SSSR count). The Hall–Kier alpha value is -1.63. The first-order valence-electron chi connectivity index (χ1n) is 6.74. The molecule has 0 aliphatic heterocycles. The number of carbonyl (C=O) groups excluding carboxylic acids is 1. The molecule has 1 aliphatic rings. The summed E-state index contributed by atoms with van der Waals surface area (Å²) in [4.78, 5) is 34.0. The number of rotatable bonds is 5. The van der Waals surface area contributed by atoms with Crippen LogP contribution < -0.4 is 11.1 Å². The zero-order chi connectivity index (χ0) is 15.4. The van der Waals surface area contributed by atoms with Gasteiger partial charge < -0.3 is 21.3 Å². The van der Waals surface area contributed by atoms with Crippen molar-refractivity contribution in [2.75, 3.05) is 0 Å². The minimum atomic E-state index is -1.02. The molecule has 0 aromatic carbocycles. The molecule has 1 aliphatic carbocycles. The first kappa shape index (κ1) is 16.4. The van der Waals surface area contributed by atoms with Crippen molar-refractivity contribution >= 4 is 17.8 Å². The molecule has 0 spiro atoms. The Kier molecular flexibility index (Phi) is 5.50. The monoisotopic (exact) mass is 286 g/mol. The number of hydrogen-bond acceptors (Lipinski definition) is 4. The summed E-state index contributed by atoms with van der Waals surface area (Å²) >= 11 is 0. The number of amides is 1. The van der Waals surface area contributed by atoms with Crippen LogP contribution in [-0.2, 0) is 14.4 Å². The fourth-order valence-corrected chi connectivity index (χ4v) is 2.44. The SMILES string of the molecule is CC(C)[C@H](N)C(=O)NC1CC(C(=O)O)CC(C(=O)O)C1. The van der Waals surface area contributed by atoms with Gasteiger partial charge in [-0.2, -0.15) is 0 Å². The van der Waals surface area contributed by atoms with E-state index in [4.69, 9.17) is 15.9 Å². The van der Waals surface area contributed by atoms with Gasteiger partial charge in [0.05, 0.1) is 17.9 Å². The maximum atomic E-state index is 11.9. The predicted octanol–water partition coefficient (Wildman–Crippen LogP) is 0.0400. The van der Waals surface area contributed by atoms with E-state index in [0.29, 0.717) is 0 Å². The van der Waals surface area contributed by atoms with E-state index in [1.807, 2.05) is 13.8 Å². The van der Waals surface area contributed by atoms with Crippen molar-refractivity contribution < 1.29 is 24.6 Å². The van der Waals surface area contributed by atoms with E-state index in [2.05, 4.69) is 5.32 Å². The maximum Gasteiger partial charge on any atom is 0.306 e. The molecule has 0 aromatic rings. The number of hydrogen-bond donors (Lipinski definition) is 4. The molecule has 114 valence electrons. The summed E-state index contributed by atoms with van der Waals surface area (Å²) in [6.07, 6.45) is 0.596. The fourth-order valence-electron chi connectivity index (χ4n) is 2.44. The Bertz CT molecular complexity index is 374. The topological polar surface area (TPSA) is 130 Å². The lowest BCUT2D eigenvalue weighted by Crippen LogP contribution is -2.51. The van der Waals surface area contributed by atoms with Crippen molar-refractivity contribution in [1.82, 2.24) is 5.32 Å². The molecule has 1 amide bonds. The molecule has 5 N–H and O–H groups in total. The third kappa shape index (κ3) is 4.19. The second-order valence-corrected chi connectivity index (χ2v) is 5.75. The highest BCUT2D eigenvalue weighted by molar-refractivity contribution is 5.82. The standard InChI is InChI=1S/C13H22N2O5/c1-6(2)10(14)11(16)15-9-4-7(12(17)18)3-8(5-9)13(19)20/h6-10H,3-5,14H2,1-2H3,(H,15,16)(H,17,18)(H,19,20)/t7?,8?,9?,10-/m0/s1. The summed E-state index contributed by atoms with van der Waals surface area (Å²) in [6, 6.07) is -1.13. The van der Waals surface area contributed by atoms with Crippen molar-refractivity contribution in [3.63, 3.8) is 0 Å². The van der Waals surface area contributed by atoms with E-state index < -0.39 is 35.9 Å². The van der Waals surface area contributed by atoms with Crippen LogP contribution in [0.1, 0.15) is 33.1 Å². The molecule has 3 atom stereocenters. The quantitative estimate of drug-likeness (QED) is 0.564. The number of nitrogens with two attached hydrogens (primary N) is 1. The molecular weight excluding hydrogens is 264 g/mol. The van der Waals surface area contributed by atoms with Gasteiger partial charge in [-0.1, -0.05) is 13.8 Å². The van der Waals surface area contributed by atoms with Gasteiger partial charge in [-0.15, -0.1) is 0 Å². The van der Waals surface area contributed by atoms with Gasteiger partial charge in [0.2, 0.25) is 5.91 Å². The number of aliphatic carboxylic acids is 2. The Morgan fingerprint density at radius 1 is 1.05 bits per heavy atom. The average molecular weight is 286 g/mol. The second-order valence-electron chi connectivity index (χ2n) is 5.75. The van der Waals surface area contributed by atoms with Crippen LogP contribution in [0.15, 0.2) is 0 Å². The zero-order valence-electron chi connectivity index (χ0n) is 11.7. The van der Waals surface area contributed by atoms with Crippen LogP contribution in [0.3, 0.4) is 0 Å². The Morgan fingerprint density at radius 2 is 1.50 bits per heavy atom. The molecule has 20 heavy (non-hydrogen) atoms. The van der Waals surface area contributed by atoms with Crippen LogP contribution in [0, 0.1) is 17.8 Å². The van der Waals surface area contributed by atoms with Gasteiger partial charge >= 0.3 is 11.9 Å². The molecule has 0 saturated heterocycles. The van der Waals surface area contributed by atoms with Gasteiger partial charge in [-0.05, 0) is 25.2 Å². The predicted molar refractivity (Wildman–Crippen MR) is 70.8 cm³/mol. The highest BCUT2D eigenvalue weighted by Gasteiger charge is 2.37. The van der Waals surface area contributed by atoms with Crippen LogP contribution in [0.5, 0.6) is 0 Å². The van der Waals surface area contributed by atoms with E-state index in [1.54, 1.807) is 0 Å². The van der Waals surface area contributed by atoms with Crippen LogP contribution in [0.4, 0.5) is 0 Å². The van der Waals surface area contributed by atoms with E-state index >= 15 is 0 Å². The van der Waals surface area contributed by atoms with Crippen LogP contribution in [0.2, 0.25) is 0 Å². The molecular formula is C13H22N2O5. The largest absolute Gasteiger partial charge is 0.481 e. The minimum absolute atomic E-state index is 0.0378. The summed E-state index contributed by atoms with van der Waals surface area (Å²) in [5.41, 5.74) is 5.72. The minimum Gasteiger partial charge on any atom is -0.481 e. The van der Waals surface area contributed by atoms with E-state index in [9.17, 15) is 14.4 Å². The van der Waals surface area contributed by atoms with Gasteiger partial charge in [0.15, 0.2) is 0 Å². The van der Waals surface area contributed by atoms with Gasteiger partial charge in [0.25, 0.3) is 0 Å². The molecule has 0 radical (unpaired) electrons. The van der Waals surface area contributed by atoms with Gasteiger partial charge in [0, 0.05) is 6.04 Å². The van der Waals surface area contributed by atoms with Crippen LogP contribution >= 0.6 is 0 Å². The average Bonchev–Trinajstić information content (AvgIpc) is 2.36. The number of carboxylic acids is 2. The van der Waals surface area contributed by atoms with Crippen LogP contribution in [-0.4, -0.2) is 40.1 Å². The van der Waals surface area contributed by atoms with Gasteiger partial charge in [-0.3, -0.25) is 14.4 Å². The Morgan fingerprint density at radius 3 is 1.85 bits per heavy atom. The van der Waals surface area contributed by atoms with Crippen molar-refractivity contribution in [3.05, 3.63) is 0 Å². The number of carboxylic acid groups (broad SMARTS) is 2. The molecule has 2 unspecified atom stereocenters.